The van der Waals surface area contributed by atoms with Crippen LogP contribution in [0.15, 0.2) is 52.8 Å². The summed E-state index contributed by atoms with van der Waals surface area (Å²) in [6.45, 7) is 0. The van der Waals surface area contributed by atoms with Crippen molar-refractivity contribution in [1.29, 1.82) is 0 Å². The van der Waals surface area contributed by atoms with Crippen molar-refractivity contribution in [2.75, 3.05) is 21.3 Å². The van der Waals surface area contributed by atoms with E-state index in [2.05, 4.69) is 9.95 Å². The van der Waals surface area contributed by atoms with Gasteiger partial charge < -0.3 is 18.8 Å². The Balaban J connectivity index is 1.86. The van der Waals surface area contributed by atoms with E-state index in [1.54, 1.807) is 32.7 Å². The smallest absolute Gasteiger partial charge is 0.190 e. The second kappa shape index (κ2) is 8.74. The van der Waals surface area contributed by atoms with E-state index in [4.69, 9.17) is 19.2 Å². The minimum absolute atomic E-state index is 0.448. The van der Waals surface area contributed by atoms with E-state index in [1.807, 2.05) is 42.5 Å². The zero-order chi connectivity index (χ0) is 20.2. The summed E-state index contributed by atoms with van der Waals surface area (Å²) in [4.78, 5) is 5.96. The monoisotopic (exact) mass is 410 g/mol. The fraction of sp³-hybridized carbons (Fsp3) is 0.348. The molecule has 0 N–H and O–H groups in total. The molecule has 1 saturated carbocycles. The third-order valence-electron chi connectivity index (χ3n) is 5.41. The van der Waals surface area contributed by atoms with Crippen molar-refractivity contribution >= 4 is 17.0 Å². The molecule has 4 rings (SSSR count). The summed E-state index contributed by atoms with van der Waals surface area (Å²) in [5.74, 6) is 2.49. The topological polar surface area (TPSA) is 45.0 Å². The quantitative estimate of drug-likeness (QED) is 0.532. The molecule has 1 aromatic heterocycles. The van der Waals surface area contributed by atoms with Crippen molar-refractivity contribution in [3.63, 3.8) is 0 Å². The fourth-order valence-corrected chi connectivity index (χ4v) is 4.87. The van der Waals surface area contributed by atoms with Gasteiger partial charge in [-0.15, -0.1) is 11.3 Å². The van der Waals surface area contributed by atoms with Crippen molar-refractivity contribution in [2.24, 2.45) is 4.99 Å². The Bertz CT molecular complexity index is 1030. The number of ether oxygens (including phenoxy) is 3. The van der Waals surface area contributed by atoms with Crippen molar-refractivity contribution in [2.45, 2.75) is 31.7 Å². The molecule has 6 heteroatoms. The molecule has 5 nitrogen and oxygen atoms in total. The lowest BCUT2D eigenvalue weighted by Crippen LogP contribution is -2.20. The van der Waals surface area contributed by atoms with Crippen LogP contribution in [0.2, 0.25) is 0 Å². The first-order valence-corrected chi connectivity index (χ1v) is 10.7. The predicted molar refractivity (Wildman–Crippen MR) is 117 cm³/mol. The largest absolute Gasteiger partial charge is 0.497 e. The second-order valence-corrected chi connectivity index (χ2v) is 7.92. The Labute approximate surface area is 175 Å². The van der Waals surface area contributed by atoms with Gasteiger partial charge in [0.25, 0.3) is 0 Å². The predicted octanol–water partition coefficient (Wildman–Crippen LogP) is 5.59. The summed E-state index contributed by atoms with van der Waals surface area (Å²) in [6.07, 6.45) is 4.85. The van der Waals surface area contributed by atoms with Gasteiger partial charge in [-0.2, -0.15) is 0 Å². The Kier molecular flexibility index (Phi) is 5.90. The molecule has 3 aromatic rings. The maximum atomic E-state index is 5.66. The van der Waals surface area contributed by atoms with Crippen molar-refractivity contribution in [3.05, 3.63) is 52.6 Å². The van der Waals surface area contributed by atoms with Gasteiger partial charge in [0.05, 0.1) is 32.7 Å². The van der Waals surface area contributed by atoms with Crippen LogP contribution in [-0.4, -0.2) is 25.9 Å². The van der Waals surface area contributed by atoms with E-state index in [0.717, 1.165) is 39.0 Å². The summed E-state index contributed by atoms with van der Waals surface area (Å²) in [6, 6.07) is 14.2. The minimum atomic E-state index is 0.448. The fourth-order valence-electron chi connectivity index (χ4n) is 3.90. The Morgan fingerprint density at radius 1 is 0.897 bits per heavy atom. The molecule has 0 amide bonds. The molecule has 2 aromatic carbocycles. The number of aromatic nitrogens is 1. The first-order chi connectivity index (χ1) is 14.2. The first-order valence-electron chi connectivity index (χ1n) is 9.84. The second-order valence-electron chi connectivity index (χ2n) is 7.09. The normalized spacial score (nSPS) is 14.9. The molecule has 0 saturated heterocycles. The Morgan fingerprint density at radius 3 is 2.24 bits per heavy atom. The van der Waals surface area contributed by atoms with Crippen LogP contribution in [0.3, 0.4) is 0 Å². The molecule has 1 heterocycles. The van der Waals surface area contributed by atoms with Crippen LogP contribution < -0.4 is 19.0 Å². The number of thiazole rings is 1. The number of hydrogen-bond donors (Lipinski definition) is 0. The Hall–Kier alpha value is -2.73. The highest BCUT2D eigenvalue weighted by molar-refractivity contribution is 7.07. The SMILES string of the molecule is COc1ccc(N=c2scc(-c3cc(OC)ccc3OC)n2C2CCCC2)cc1. The summed E-state index contributed by atoms with van der Waals surface area (Å²) in [5, 5.41) is 2.18. The van der Waals surface area contributed by atoms with Crippen LogP contribution in [0.25, 0.3) is 11.3 Å². The molecule has 1 fully saturated rings. The molecular formula is C23H26N2O3S. The van der Waals surface area contributed by atoms with Gasteiger partial charge in [-0.25, -0.2) is 4.99 Å². The molecule has 1 aliphatic carbocycles. The molecule has 29 heavy (non-hydrogen) atoms. The van der Waals surface area contributed by atoms with Crippen molar-refractivity contribution in [1.82, 2.24) is 4.57 Å². The highest BCUT2D eigenvalue weighted by Gasteiger charge is 2.23. The van der Waals surface area contributed by atoms with Crippen LogP contribution in [0, 0.1) is 0 Å². The standard InChI is InChI=1S/C23H26N2O3S/c1-26-18-10-8-16(9-11-18)24-23-25(17-6-4-5-7-17)21(15-29-23)20-14-19(27-2)12-13-22(20)28-3/h8-15,17H,4-7H2,1-3H3. The van der Waals surface area contributed by atoms with Crippen molar-refractivity contribution in [3.8, 4) is 28.5 Å². The van der Waals surface area contributed by atoms with Gasteiger partial charge in [-0.05, 0) is 55.3 Å². The van der Waals surface area contributed by atoms with Crippen LogP contribution in [0.5, 0.6) is 17.2 Å². The van der Waals surface area contributed by atoms with E-state index in [1.165, 1.54) is 25.7 Å². The van der Waals surface area contributed by atoms with Gasteiger partial charge in [-0.3, -0.25) is 0 Å². The molecule has 0 radical (unpaired) electrons. The summed E-state index contributed by atoms with van der Waals surface area (Å²) < 4.78 is 18.8. The number of methoxy groups -OCH3 is 3. The van der Waals surface area contributed by atoms with Gasteiger partial charge in [-0.1, -0.05) is 12.8 Å². The van der Waals surface area contributed by atoms with Gasteiger partial charge in [0.1, 0.15) is 17.2 Å². The first kappa shape index (κ1) is 19.6. The average molecular weight is 411 g/mol. The maximum Gasteiger partial charge on any atom is 0.190 e. The van der Waals surface area contributed by atoms with E-state index < -0.39 is 0 Å². The maximum absolute atomic E-state index is 5.66. The number of benzene rings is 2. The summed E-state index contributed by atoms with van der Waals surface area (Å²) in [7, 11) is 5.07. The lowest BCUT2D eigenvalue weighted by molar-refractivity contribution is 0.403. The average Bonchev–Trinajstić information content (AvgIpc) is 3.43. The van der Waals surface area contributed by atoms with Crippen LogP contribution in [-0.2, 0) is 0 Å². The third kappa shape index (κ3) is 4.03. The zero-order valence-electron chi connectivity index (χ0n) is 17.1. The number of nitrogens with zero attached hydrogens (tertiary/aromatic N) is 2. The molecule has 0 bridgehead atoms. The molecule has 152 valence electrons. The zero-order valence-corrected chi connectivity index (χ0v) is 17.9. The van der Waals surface area contributed by atoms with E-state index in [9.17, 15) is 0 Å². The van der Waals surface area contributed by atoms with Crippen LogP contribution in [0.1, 0.15) is 31.7 Å². The molecule has 0 atom stereocenters. The highest BCUT2D eigenvalue weighted by atomic mass is 32.1. The molecule has 0 unspecified atom stereocenters. The summed E-state index contributed by atoms with van der Waals surface area (Å²) in [5.41, 5.74) is 3.08. The van der Waals surface area contributed by atoms with E-state index in [-0.39, 0.29) is 0 Å². The van der Waals surface area contributed by atoms with Crippen LogP contribution >= 0.6 is 11.3 Å². The van der Waals surface area contributed by atoms with Gasteiger partial charge in [0, 0.05) is 17.0 Å². The molecule has 0 aliphatic heterocycles. The van der Waals surface area contributed by atoms with Gasteiger partial charge >= 0.3 is 0 Å². The summed E-state index contributed by atoms with van der Waals surface area (Å²) >= 11 is 1.66. The van der Waals surface area contributed by atoms with Gasteiger partial charge in [0.15, 0.2) is 4.80 Å². The molecule has 0 spiro atoms. The Morgan fingerprint density at radius 2 is 1.59 bits per heavy atom. The number of hydrogen-bond acceptors (Lipinski definition) is 5. The molecule has 1 aliphatic rings. The van der Waals surface area contributed by atoms with E-state index >= 15 is 0 Å². The number of rotatable bonds is 6. The lowest BCUT2D eigenvalue weighted by Gasteiger charge is -2.18. The highest BCUT2D eigenvalue weighted by Crippen LogP contribution is 2.38. The minimum Gasteiger partial charge on any atom is -0.497 e. The van der Waals surface area contributed by atoms with Crippen molar-refractivity contribution < 1.29 is 14.2 Å². The van der Waals surface area contributed by atoms with Gasteiger partial charge in [0.2, 0.25) is 0 Å². The van der Waals surface area contributed by atoms with E-state index in [0.29, 0.717) is 6.04 Å². The third-order valence-corrected chi connectivity index (χ3v) is 6.25. The molecular weight excluding hydrogens is 384 g/mol. The van der Waals surface area contributed by atoms with Crippen LogP contribution in [0.4, 0.5) is 5.69 Å². The lowest BCUT2D eigenvalue weighted by atomic mass is 10.1.